The molecule has 0 amide bonds. The third-order valence-electron chi connectivity index (χ3n) is 3.78. The van der Waals surface area contributed by atoms with Gasteiger partial charge >= 0.3 is 5.97 Å². The number of pyridine rings is 1. The van der Waals surface area contributed by atoms with Crippen molar-refractivity contribution in [1.29, 1.82) is 0 Å². The number of carbonyl (C=O) groups excluding carboxylic acids is 1. The number of aryl methyl sites for hydroxylation is 1. The summed E-state index contributed by atoms with van der Waals surface area (Å²) in [6.45, 7) is 2.00. The molecule has 0 radical (unpaired) electrons. The van der Waals surface area contributed by atoms with Gasteiger partial charge in [0.05, 0.1) is 18.4 Å². The van der Waals surface area contributed by atoms with Crippen molar-refractivity contribution in [2.24, 2.45) is 0 Å². The second-order valence-corrected chi connectivity index (χ2v) is 5.41. The first kappa shape index (κ1) is 15.8. The molecule has 24 heavy (non-hydrogen) atoms. The topological polar surface area (TPSA) is 65.0 Å². The zero-order valence-corrected chi connectivity index (χ0v) is 13.6. The zero-order chi connectivity index (χ0) is 16.9. The fourth-order valence-corrected chi connectivity index (χ4v) is 2.44. The van der Waals surface area contributed by atoms with E-state index in [1.807, 2.05) is 37.3 Å². The van der Waals surface area contributed by atoms with Gasteiger partial charge in [-0.1, -0.05) is 6.07 Å². The van der Waals surface area contributed by atoms with E-state index in [2.05, 4.69) is 15.0 Å². The highest BCUT2D eigenvalue weighted by molar-refractivity contribution is 5.89. The van der Waals surface area contributed by atoms with Crippen LogP contribution in [0.5, 0.6) is 0 Å². The van der Waals surface area contributed by atoms with Crippen molar-refractivity contribution < 1.29 is 9.53 Å². The first-order valence-electron chi connectivity index (χ1n) is 7.57. The summed E-state index contributed by atoms with van der Waals surface area (Å²) in [5.74, 6) is 0.350. The lowest BCUT2D eigenvalue weighted by atomic mass is 10.0. The van der Waals surface area contributed by atoms with Gasteiger partial charge in [-0.25, -0.2) is 14.8 Å². The van der Waals surface area contributed by atoms with Crippen molar-refractivity contribution in [3.63, 3.8) is 0 Å². The van der Waals surface area contributed by atoms with Crippen LogP contribution in [0.4, 0.5) is 0 Å². The van der Waals surface area contributed by atoms with Crippen LogP contribution in [0.3, 0.4) is 0 Å². The molecular weight excluding hydrogens is 302 g/mol. The molecular formula is C19H17N3O2. The molecule has 120 valence electrons. The van der Waals surface area contributed by atoms with Gasteiger partial charge in [-0.2, -0.15) is 0 Å². The number of benzene rings is 1. The Morgan fingerprint density at radius 3 is 2.79 bits per heavy atom. The third kappa shape index (κ3) is 3.46. The highest BCUT2D eigenvalue weighted by Gasteiger charge is 2.10. The fourth-order valence-electron chi connectivity index (χ4n) is 2.44. The van der Waals surface area contributed by atoms with Crippen LogP contribution in [0, 0.1) is 6.92 Å². The third-order valence-corrected chi connectivity index (χ3v) is 3.78. The molecule has 5 heteroatoms. The van der Waals surface area contributed by atoms with E-state index in [4.69, 9.17) is 4.74 Å². The van der Waals surface area contributed by atoms with Gasteiger partial charge in [0, 0.05) is 30.6 Å². The molecule has 2 aromatic heterocycles. The number of nitrogens with zero attached hydrogens (tertiary/aromatic N) is 3. The lowest BCUT2D eigenvalue weighted by Crippen LogP contribution is -2.04. The second-order valence-electron chi connectivity index (χ2n) is 5.41. The van der Waals surface area contributed by atoms with E-state index in [1.165, 1.54) is 7.11 Å². The predicted molar refractivity (Wildman–Crippen MR) is 90.6 cm³/mol. The standard InChI is InChI=1S/C19H17N3O2/c1-13-5-6-14(19(23)24-2)10-16(13)11-18-21-9-7-17(22-18)15-4-3-8-20-12-15/h3-10,12H,11H2,1-2H3. The van der Waals surface area contributed by atoms with Gasteiger partial charge in [-0.05, 0) is 48.4 Å². The normalized spacial score (nSPS) is 10.4. The molecule has 0 spiro atoms. The van der Waals surface area contributed by atoms with E-state index in [0.717, 1.165) is 22.4 Å². The smallest absolute Gasteiger partial charge is 0.337 e. The number of esters is 1. The summed E-state index contributed by atoms with van der Waals surface area (Å²) in [6.07, 6.45) is 5.79. The average molecular weight is 319 g/mol. The molecule has 2 heterocycles. The van der Waals surface area contributed by atoms with Crippen LogP contribution in [0.25, 0.3) is 11.3 Å². The summed E-state index contributed by atoms with van der Waals surface area (Å²) in [7, 11) is 1.38. The summed E-state index contributed by atoms with van der Waals surface area (Å²) >= 11 is 0. The van der Waals surface area contributed by atoms with Crippen molar-refractivity contribution in [3.05, 3.63) is 77.5 Å². The van der Waals surface area contributed by atoms with E-state index in [9.17, 15) is 4.79 Å². The number of ether oxygens (including phenoxy) is 1. The molecule has 0 atom stereocenters. The molecule has 0 saturated heterocycles. The number of carbonyl (C=O) groups is 1. The summed E-state index contributed by atoms with van der Waals surface area (Å²) in [4.78, 5) is 24.8. The minimum atomic E-state index is -0.346. The molecule has 0 aliphatic heterocycles. The monoisotopic (exact) mass is 319 g/mol. The number of methoxy groups -OCH3 is 1. The Bertz CT molecular complexity index is 863. The van der Waals surface area contributed by atoms with Crippen LogP contribution in [0.15, 0.2) is 55.0 Å². The van der Waals surface area contributed by atoms with Crippen LogP contribution < -0.4 is 0 Å². The maximum Gasteiger partial charge on any atom is 0.337 e. The van der Waals surface area contributed by atoms with Gasteiger partial charge in [0.2, 0.25) is 0 Å². The van der Waals surface area contributed by atoms with Gasteiger partial charge in [0.25, 0.3) is 0 Å². The summed E-state index contributed by atoms with van der Waals surface area (Å²) in [6, 6.07) is 11.2. The first-order chi connectivity index (χ1) is 11.7. The van der Waals surface area contributed by atoms with E-state index in [-0.39, 0.29) is 5.97 Å². The molecule has 5 nitrogen and oxygen atoms in total. The van der Waals surface area contributed by atoms with Crippen molar-refractivity contribution in [1.82, 2.24) is 15.0 Å². The molecule has 0 fully saturated rings. The van der Waals surface area contributed by atoms with Crippen molar-refractivity contribution >= 4 is 5.97 Å². The molecule has 0 bridgehead atoms. The van der Waals surface area contributed by atoms with Gasteiger partial charge in [0.1, 0.15) is 5.82 Å². The highest BCUT2D eigenvalue weighted by atomic mass is 16.5. The molecule has 0 aliphatic rings. The average Bonchev–Trinajstić information content (AvgIpc) is 2.64. The van der Waals surface area contributed by atoms with Gasteiger partial charge < -0.3 is 4.74 Å². The van der Waals surface area contributed by atoms with Gasteiger partial charge in [0.15, 0.2) is 0 Å². The minimum Gasteiger partial charge on any atom is -0.465 e. The van der Waals surface area contributed by atoms with Crippen molar-refractivity contribution in [2.45, 2.75) is 13.3 Å². The Balaban J connectivity index is 1.90. The number of rotatable bonds is 4. The van der Waals surface area contributed by atoms with E-state index < -0.39 is 0 Å². The van der Waals surface area contributed by atoms with Crippen LogP contribution in [-0.2, 0) is 11.2 Å². The maximum absolute atomic E-state index is 11.7. The Labute approximate surface area is 140 Å². The highest BCUT2D eigenvalue weighted by Crippen LogP contribution is 2.18. The van der Waals surface area contributed by atoms with Crippen LogP contribution >= 0.6 is 0 Å². The van der Waals surface area contributed by atoms with Crippen molar-refractivity contribution in [3.8, 4) is 11.3 Å². The minimum absolute atomic E-state index is 0.346. The predicted octanol–water partition coefficient (Wildman–Crippen LogP) is 3.22. The summed E-state index contributed by atoms with van der Waals surface area (Å²) < 4.78 is 4.78. The first-order valence-corrected chi connectivity index (χ1v) is 7.57. The maximum atomic E-state index is 11.7. The van der Waals surface area contributed by atoms with Crippen LogP contribution in [0.2, 0.25) is 0 Å². The molecule has 3 aromatic rings. The zero-order valence-electron chi connectivity index (χ0n) is 13.6. The molecule has 0 unspecified atom stereocenters. The van der Waals surface area contributed by atoms with Crippen LogP contribution in [0.1, 0.15) is 27.3 Å². The molecule has 3 rings (SSSR count). The lowest BCUT2D eigenvalue weighted by Gasteiger charge is -2.08. The second kappa shape index (κ2) is 7.00. The molecule has 0 saturated carbocycles. The Kier molecular flexibility index (Phi) is 4.61. The van der Waals surface area contributed by atoms with Crippen molar-refractivity contribution in [2.75, 3.05) is 7.11 Å². The largest absolute Gasteiger partial charge is 0.465 e. The van der Waals surface area contributed by atoms with Crippen LogP contribution in [-0.4, -0.2) is 28.0 Å². The van der Waals surface area contributed by atoms with E-state index in [0.29, 0.717) is 17.8 Å². The quantitative estimate of drug-likeness (QED) is 0.691. The summed E-state index contributed by atoms with van der Waals surface area (Å²) in [5.41, 5.74) is 4.39. The Hall–Kier alpha value is -3.08. The number of hydrogen-bond donors (Lipinski definition) is 0. The van der Waals surface area contributed by atoms with E-state index in [1.54, 1.807) is 24.7 Å². The molecule has 1 aromatic carbocycles. The summed E-state index contributed by atoms with van der Waals surface area (Å²) in [5, 5.41) is 0. The Morgan fingerprint density at radius 2 is 2.04 bits per heavy atom. The van der Waals surface area contributed by atoms with E-state index >= 15 is 0 Å². The Morgan fingerprint density at radius 1 is 1.17 bits per heavy atom. The number of aromatic nitrogens is 3. The number of hydrogen-bond acceptors (Lipinski definition) is 5. The van der Waals surface area contributed by atoms with Gasteiger partial charge in [-0.15, -0.1) is 0 Å². The van der Waals surface area contributed by atoms with Gasteiger partial charge in [-0.3, -0.25) is 4.98 Å². The molecule has 0 aliphatic carbocycles. The SMILES string of the molecule is COC(=O)c1ccc(C)c(Cc2nccc(-c3cccnc3)n2)c1. The lowest BCUT2D eigenvalue weighted by molar-refractivity contribution is 0.0600. The molecule has 0 N–H and O–H groups in total. The fraction of sp³-hybridized carbons (Fsp3) is 0.158.